The van der Waals surface area contributed by atoms with E-state index in [0.717, 1.165) is 18.6 Å². The van der Waals surface area contributed by atoms with Gasteiger partial charge in [0.2, 0.25) is 0 Å². The minimum Gasteiger partial charge on any atom is -0.480 e. The molecule has 0 radical (unpaired) electrons. The number of carboxylic acids is 1. The van der Waals surface area contributed by atoms with Gasteiger partial charge in [0.1, 0.15) is 6.04 Å². The van der Waals surface area contributed by atoms with E-state index in [1.807, 2.05) is 0 Å². The Morgan fingerprint density at radius 1 is 1.37 bits per heavy atom. The predicted molar refractivity (Wildman–Crippen MR) is 72.5 cm³/mol. The van der Waals surface area contributed by atoms with Gasteiger partial charge in [0.25, 0.3) is 0 Å². The maximum absolute atomic E-state index is 12.5. The van der Waals surface area contributed by atoms with Crippen LogP contribution in [0.1, 0.15) is 12.8 Å². The molecule has 108 valence electrons. The van der Waals surface area contributed by atoms with Crippen LogP contribution in [0.25, 0.3) is 0 Å². The summed E-state index contributed by atoms with van der Waals surface area (Å²) in [6, 6.07) is -0.858. The van der Waals surface area contributed by atoms with Gasteiger partial charge in [-0.3, -0.25) is 0 Å². The lowest BCUT2D eigenvalue weighted by Crippen LogP contribution is -2.57. The van der Waals surface area contributed by atoms with Crippen LogP contribution in [0.3, 0.4) is 0 Å². The van der Waals surface area contributed by atoms with Crippen LogP contribution in [-0.2, 0) is 9.53 Å². The summed E-state index contributed by atoms with van der Waals surface area (Å²) < 4.78 is 5.30. The van der Waals surface area contributed by atoms with Crippen LogP contribution in [0.5, 0.6) is 0 Å². The molecule has 2 aliphatic rings. The smallest absolute Gasteiger partial charge is 0.327 e. The summed E-state index contributed by atoms with van der Waals surface area (Å²) in [5.74, 6) is 0.362. The molecule has 19 heavy (non-hydrogen) atoms. The van der Waals surface area contributed by atoms with E-state index in [9.17, 15) is 14.7 Å². The third-order valence-corrected chi connectivity index (χ3v) is 4.66. The van der Waals surface area contributed by atoms with Crippen molar-refractivity contribution in [2.24, 2.45) is 0 Å². The number of carbonyl (C=O) groups is 2. The summed E-state index contributed by atoms with van der Waals surface area (Å²) in [6.45, 7) is 1.76. The summed E-state index contributed by atoms with van der Waals surface area (Å²) >= 11 is 1.59. The molecule has 0 aromatic carbocycles. The van der Waals surface area contributed by atoms with Crippen molar-refractivity contribution < 1.29 is 19.4 Å². The lowest BCUT2D eigenvalue weighted by molar-refractivity contribution is -0.141. The molecule has 2 atom stereocenters. The van der Waals surface area contributed by atoms with Gasteiger partial charge in [0.15, 0.2) is 0 Å². The molecular formula is C12H20N2O4S. The van der Waals surface area contributed by atoms with Crippen LogP contribution < -0.4 is 0 Å². The predicted octanol–water partition coefficient (Wildman–Crippen LogP) is 0.719. The van der Waals surface area contributed by atoms with Crippen molar-refractivity contribution >= 4 is 23.8 Å². The van der Waals surface area contributed by atoms with Gasteiger partial charge in [-0.25, -0.2) is 9.59 Å². The second-order valence-corrected chi connectivity index (χ2v) is 6.00. The molecule has 0 aromatic rings. The third-order valence-electron chi connectivity index (χ3n) is 3.64. The molecule has 2 amide bonds. The van der Waals surface area contributed by atoms with E-state index in [-0.39, 0.29) is 12.1 Å². The second-order valence-electron chi connectivity index (χ2n) is 4.85. The SMILES string of the molecule is COC1CCCN(C(=O)N2CCSCC2C(=O)O)C1. The Hall–Kier alpha value is -0.950. The molecule has 2 heterocycles. The first-order valence-electron chi connectivity index (χ1n) is 6.52. The Morgan fingerprint density at radius 2 is 2.16 bits per heavy atom. The number of carbonyl (C=O) groups excluding carboxylic acids is 1. The molecule has 0 spiro atoms. The second kappa shape index (κ2) is 6.47. The molecule has 6 nitrogen and oxygen atoms in total. The van der Waals surface area contributed by atoms with Crippen LogP contribution in [-0.4, -0.2) is 77.3 Å². The average Bonchev–Trinajstić information content (AvgIpc) is 2.46. The van der Waals surface area contributed by atoms with Crippen molar-refractivity contribution in [2.45, 2.75) is 25.0 Å². The number of ether oxygens (including phenoxy) is 1. The van der Waals surface area contributed by atoms with E-state index in [4.69, 9.17) is 4.74 Å². The Bertz CT molecular complexity index is 353. The zero-order chi connectivity index (χ0) is 13.8. The molecule has 2 fully saturated rings. The van der Waals surface area contributed by atoms with E-state index in [1.165, 1.54) is 4.90 Å². The quantitative estimate of drug-likeness (QED) is 0.811. The fourth-order valence-corrected chi connectivity index (χ4v) is 3.56. The van der Waals surface area contributed by atoms with Gasteiger partial charge in [-0.2, -0.15) is 11.8 Å². The van der Waals surface area contributed by atoms with Crippen LogP contribution in [0.2, 0.25) is 0 Å². The summed E-state index contributed by atoms with van der Waals surface area (Å²) in [5, 5.41) is 9.20. The number of urea groups is 1. The van der Waals surface area contributed by atoms with Crippen LogP contribution in [0.4, 0.5) is 4.79 Å². The number of hydrogen-bond donors (Lipinski definition) is 1. The van der Waals surface area contributed by atoms with Gasteiger partial charge in [-0.15, -0.1) is 0 Å². The van der Waals surface area contributed by atoms with Gasteiger partial charge in [-0.05, 0) is 12.8 Å². The Balaban J connectivity index is 2.02. The Morgan fingerprint density at radius 3 is 2.84 bits per heavy atom. The van der Waals surface area contributed by atoms with Gasteiger partial charge >= 0.3 is 12.0 Å². The minimum absolute atomic E-state index is 0.0696. The molecule has 0 bridgehead atoms. The van der Waals surface area contributed by atoms with Gasteiger partial charge in [0, 0.05) is 38.2 Å². The first-order chi connectivity index (χ1) is 9.13. The number of methoxy groups -OCH3 is 1. The van der Waals surface area contributed by atoms with Crippen LogP contribution in [0, 0.1) is 0 Å². The average molecular weight is 288 g/mol. The minimum atomic E-state index is -0.916. The molecule has 2 rings (SSSR count). The highest BCUT2D eigenvalue weighted by Crippen LogP contribution is 2.21. The lowest BCUT2D eigenvalue weighted by Gasteiger charge is -2.39. The summed E-state index contributed by atoms with van der Waals surface area (Å²) in [5.41, 5.74) is 0. The molecule has 2 unspecified atom stereocenters. The number of piperidine rings is 1. The van der Waals surface area contributed by atoms with E-state index in [0.29, 0.717) is 25.4 Å². The standard InChI is InChI=1S/C12H20N2O4S/c1-18-9-3-2-4-13(7-9)12(17)14-5-6-19-8-10(14)11(15)16/h9-10H,2-8H2,1H3,(H,15,16). The summed E-state index contributed by atoms with van der Waals surface area (Å²) in [6.07, 6.45) is 1.93. The fraction of sp³-hybridized carbons (Fsp3) is 0.833. The monoisotopic (exact) mass is 288 g/mol. The molecule has 0 aromatic heterocycles. The molecule has 2 aliphatic heterocycles. The third kappa shape index (κ3) is 3.33. The maximum Gasteiger partial charge on any atom is 0.327 e. The summed E-state index contributed by atoms with van der Waals surface area (Å²) in [4.78, 5) is 26.9. The van der Waals surface area contributed by atoms with Gasteiger partial charge in [-0.1, -0.05) is 0 Å². The van der Waals surface area contributed by atoms with Crippen molar-refractivity contribution in [1.29, 1.82) is 0 Å². The van der Waals surface area contributed by atoms with Crippen molar-refractivity contribution in [3.63, 3.8) is 0 Å². The van der Waals surface area contributed by atoms with Gasteiger partial charge in [0.05, 0.1) is 6.10 Å². The summed E-state index contributed by atoms with van der Waals surface area (Å²) in [7, 11) is 1.65. The normalized spacial score (nSPS) is 28.3. The van der Waals surface area contributed by atoms with E-state index in [1.54, 1.807) is 23.8 Å². The fourth-order valence-electron chi connectivity index (χ4n) is 2.52. The van der Waals surface area contributed by atoms with Crippen molar-refractivity contribution in [2.75, 3.05) is 38.2 Å². The zero-order valence-corrected chi connectivity index (χ0v) is 11.9. The zero-order valence-electron chi connectivity index (χ0n) is 11.1. The van der Waals surface area contributed by atoms with Crippen LogP contribution in [0.15, 0.2) is 0 Å². The molecule has 2 saturated heterocycles. The van der Waals surface area contributed by atoms with E-state index < -0.39 is 12.0 Å². The number of amides is 2. The number of carboxylic acid groups (broad SMARTS) is 1. The first-order valence-corrected chi connectivity index (χ1v) is 7.68. The Kier molecular flexibility index (Phi) is 4.93. The maximum atomic E-state index is 12.5. The highest BCUT2D eigenvalue weighted by Gasteiger charge is 2.36. The van der Waals surface area contributed by atoms with Crippen LogP contribution >= 0.6 is 11.8 Å². The topological polar surface area (TPSA) is 70.1 Å². The Labute approximate surface area is 117 Å². The highest BCUT2D eigenvalue weighted by molar-refractivity contribution is 7.99. The van der Waals surface area contributed by atoms with E-state index in [2.05, 4.69) is 0 Å². The van der Waals surface area contributed by atoms with Crippen molar-refractivity contribution in [1.82, 2.24) is 9.80 Å². The molecule has 1 N–H and O–H groups in total. The molecule has 0 aliphatic carbocycles. The number of rotatable bonds is 2. The lowest BCUT2D eigenvalue weighted by atomic mass is 10.1. The van der Waals surface area contributed by atoms with Crippen molar-refractivity contribution in [3.8, 4) is 0 Å². The number of likely N-dealkylation sites (tertiary alicyclic amines) is 1. The van der Waals surface area contributed by atoms with Gasteiger partial charge < -0.3 is 19.6 Å². The number of thioether (sulfide) groups is 1. The van der Waals surface area contributed by atoms with Crippen molar-refractivity contribution in [3.05, 3.63) is 0 Å². The largest absolute Gasteiger partial charge is 0.480 e. The highest BCUT2D eigenvalue weighted by atomic mass is 32.2. The number of aliphatic carboxylic acids is 1. The number of nitrogens with zero attached hydrogens (tertiary/aromatic N) is 2. The number of hydrogen-bond acceptors (Lipinski definition) is 4. The first kappa shape index (κ1) is 14.5. The molecule has 7 heteroatoms. The molecular weight excluding hydrogens is 268 g/mol. The molecule has 0 saturated carbocycles. The van der Waals surface area contributed by atoms with E-state index >= 15 is 0 Å².